The average molecular weight is 311 g/mol. The van der Waals surface area contributed by atoms with Crippen LogP contribution in [-0.2, 0) is 6.54 Å². The lowest BCUT2D eigenvalue weighted by molar-refractivity contribution is 0.0648. The van der Waals surface area contributed by atoms with Gasteiger partial charge in [0, 0.05) is 19.6 Å². The molecule has 2 heterocycles. The fourth-order valence-corrected chi connectivity index (χ4v) is 3.65. The zero-order valence-corrected chi connectivity index (χ0v) is 14.2. The van der Waals surface area contributed by atoms with Gasteiger partial charge in [-0.2, -0.15) is 5.10 Å². The van der Waals surface area contributed by atoms with Gasteiger partial charge in [-0.1, -0.05) is 37.3 Å². The van der Waals surface area contributed by atoms with Gasteiger partial charge in [0.15, 0.2) is 0 Å². The SMILES string of the molecule is CCn1nc(C)cc1C(=O)N1CC[C@H](c2ccccc2)[C@H](C)C1. The first-order valence-electron chi connectivity index (χ1n) is 8.48. The Balaban J connectivity index is 1.73. The molecule has 1 fully saturated rings. The van der Waals surface area contributed by atoms with Gasteiger partial charge >= 0.3 is 0 Å². The Labute approximate surface area is 138 Å². The van der Waals surface area contributed by atoms with Crippen molar-refractivity contribution < 1.29 is 4.79 Å². The molecule has 23 heavy (non-hydrogen) atoms. The van der Waals surface area contributed by atoms with Crippen molar-refractivity contribution in [2.45, 2.75) is 39.7 Å². The van der Waals surface area contributed by atoms with E-state index in [4.69, 9.17) is 0 Å². The van der Waals surface area contributed by atoms with Crippen LogP contribution >= 0.6 is 0 Å². The van der Waals surface area contributed by atoms with Gasteiger partial charge in [-0.25, -0.2) is 0 Å². The Morgan fingerprint density at radius 3 is 2.70 bits per heavy atom. The van der Waals surface area contributed by atoms with Gasteiger partial charge in [0.25, 0.3) is 5.91 Å². The quantitative estimate of drug-likeness (QED) is 0.870. The molecule has 0 unspecified atom stereocenters. The zero-order chi connectivity index (χ0) is 16.4. The van der Waals surface area contributed by atoms with Crippen molar-refractivity contribution in [2.75, 3.05) is 13.1 Å². The summed E-state index contributed by atoms with van der Waals surface area (Å²) in [5, 5.41) is 4.40. The molecule has 1 saturated heterocycles. The first-order valence-corrected chi connectivity index (χ1v) is 8.48. The summed E-state index contributed by atoms with van der Waals surface area (Å²) in [6.07, 6.45) is 1.02. The van der Waals surface area contributed by atoms with E-state index in [1.807, 2.05) is 29.5 Å². The standard InChI is InChI=1S/C19H25N3O/c1-4-22-18(12-15(3)20-22)19(23)21-11-10-17(14(2)13-21)16-8-6-5-7-9-16/h5-9,12,14,17H,4,10-11,13H2,1-3H3/t14-,17+/m1/s1. The maximum atomic E-state index is 12.8. The molecule has 1 aromatic heterocycles. The highest BCUT2D eigenvalue weighted by atomic mass is 16.2. The molecule has 0 saturated carbocycles. The maximum absolute atomic E-state index is 12.8. The Hall–Kier alpha value is -2.10. The van der Waals surface area contributed by atoms with Crippen LogP contribution in [0.3, 0.4) is 0 Å². The van der Waals surface area contributed by atoms with Crippen LogP contribution in [0.2, 0.25) is 0 Å². The van der Waals surface area contributed by atoms with Gasteiger partial charge in [0.2, 0.25) is 0 Å². The first-order chi connectivity index (χ1) is 11.1. The van der Waals surface area contributed by atoms with Gasteiger partial charge in [-0.3, -0.25) is 9.48 Å². The van der Waals surface area contributed by atoms with Crippen molar-refractivity contribution >= 4 is 5.91 Å². The van der Waals surface area contributed by atoms with Crippen LogP contribution < -0.4 is 0 Å². The smallest absolute Gasteiger partial charge is 0.272 e. The third-order valence-corrected chi connectivity index (χ3v) is 4.84. The van der Waals surface area contributed by atoms with E-state index >= 15 is 0 Å². The lowest BCUT2D eigenvalue weighted by atomic mass is 9.81. The maximum Gasteiger partial charge on any atom is 0.272 e. The number of hydrogen-bond acceptors (Lipinski definition) is 2. The molecule has 2 aromatic rings. The number of piperidine rings is 1. The van der Waals surface area contributed by atoms with E-state index in [0.29, 0.717) is 11.8 Å². The average Bonchev–Trinajstić information content (AvgIpc) is 2.96. The molecule has 0 radical (unpaired) electrons. The Morgan fingerprint density at radius 2 is 2.04 bits per heavy atom. The fourth-order valence-electron chi connectivity index (χ4n) is 3.65. The van der Waals surface area contributed by atoms with Crippen LogP contribution in [0, 0.1) is 12.8 Å². The van der Waals surface area contributed by atoms with Crippen molar-refractivity contribution in [1.82, 2.24) is 14.7 Å². The molecule has 0 spiro atoms. The van der Waals surface area contributed by atoms with Gasteiger partial charge in [-0.15, -0.1) is 0 Å². The molecule has 1 amide bonds. The second kappa shape index (κ2) is 6.57. The highest BCUT2D eigenvalue weighted by molar-refractivity contribution is 5.92. The van der Waals surface area contributed by atoms with E-state index in [-0.39, 0.29) is 5.91 Å². The normalized spacial score (nSPS) is 21.4. The number of hydrogen-bond donors (Lipinski definition) is 0. The molecule has 2 atom stereocenters. The molecule has 1 aliphatic rings. The van der Waals surface area contributed by atoms with Crippen LogP contribution in [0.5, 0.6) is 0 Å². The summed E-state index contributed by atoms with van der Waals surface area (Å²) >= 11 is 0. The number of likely N-dealkylation sites (tertiary alicyclic amines) is 1. The summed E-state index contributed by atoms with van der Waals surface area (Å²) in [6.45, 7) is 8.56. The van der Waals surface area contributed by atoms with Crippen LogP contribution in [0.15, 0.2) is 36.4 Å². The summed E-state index contributed by atoms with van der Waals surface area (Å²) in [5.74, 6) is 1.12. The van der Waals surface area contributed by atoms with Crippen LogP contribution in [0.25, 0.3) is 0 Å². The molecule has 0 N–H and O–H groups in total. The van der Waals surface area contributed by atoms with Crippen molar-refractivity contribution in [1.29, 1.82) is 0 Å². The van der Waals surface area contributed by atoms with E-state index in [1.165, 1.54) is 5.56 Å². The van der Waals surface area contributed by atoms with Crippen LogP contribution in [0.4, 0.5) is 0 Å². The zero-order valence-electron chi connectivity index (χ0n) is 14.2. The molecular formula is C19H25N3O. The second-order valence-electron chi connectivity index (χ2n) is 6.52. The van der Waals surface area contributed by atoms with E-state index < -0.39 is 0 Å². The predicted octanol–water partition coefficient (Wildman–Crippen LogP) is 3.48. The molecule has 1 aliphatic heterocycles. The topological polar surface area (TPSA) is 38.1 Å². The largest absolute Gasteiger partial charge is 0.337 e. The number of aryl methyl sites for hydroxylation is 2. The van der Waals surface area contributed by atoms with Crippen LogP contribution in [-0.4, -0.2) is 33.7 Å². The Kier molecular flexibility index (Phi) is 4.51. The number of rotatable bonds is 3. The number of amides is 1. The van der Waals surface area contributed by atoms with Gasteiger partial charge in [0.05, 0.1) is 5.69 Å². The van der Waals surface area contributed by atoms with E-state index in [1.54, 1.807) is 0 Å². The summed E-state index contributed by atoms with van der Waals surface area (Å²) < 4.78 is 1.81. The lowest BCUT2D eigenvalue weighted by Gasteiger charge is -2.37. The minimum atomic E-state index is 0.116. The summed E-state index contributed by atoms with van der Waals surface area (Å²) in [4.78, 5) is 14.8. The number of nitrogens with zero attached hydrogens (tertiary/aromatic N) is 3. The fraction of sp³-hybridized carbons (Fsp3) is 0.474. The monoisotopic (exact) mass is 311 g/mol. The minimum absolute atomic E-state index is 0.116. The highest BCUT2D eigenvalue weighted by Crippen LogP contribution is 2.33. The second-order valence-corrected chi connectivity index (χ2v) is 6.52. The Bertz CT molecular complexity index is 677. The minimum Gasteiger partial charge on any atom is -0.337 e. The molecule has 122 valence electrons. The first kappa shape index (κ1) is 15.8. The van der Waals surface area contributed by atoms with Gasteiger partial charge in [0.1, 0.15) is 5.69 Å². The summed E-state index contributed by atoms with van der Waals surface area (Å²) in [6, 6.07) is 12.6. The predicted molar refractivity (Wildman–Crippen MR) is 91.5 cm³/mol. The number of aromatic nitrogens is 2. The summed E-state index contributed by atoms with van der Waals surface area (Å²) in [7, 11) is 0. The van der Waals surface area contributed by atoms with E-state index in [0.717, 1.165) is 37.4 Å². The van der Waals surface area contributed by atoms with Gasteiger partial charge in [-0.05, 0) is 43.7 Å². The molecule has 0 bridgehead atoms. The molecule has 4 nitrogen and oxygen atoms in total. The van der Waals surface area contributed by atoms with Gasteiger partial charge < -0.3 is 4.90 Å². The molecule has 3 rings (SSSR count). The van der Waals surface area contributed by atoms with Crippen molar-refractivity contribution in [3.63, 3.8) is 0 Å². The third-order valence-electron chi connectivity index (χ3n) is 4.84. The van der Waals surface area contributed by atoms with Crippen molar-refractivity contribution in [3.8, 4) is 0 Å². The van der Waals surface area contributed by atoms with E-state index in [2.05, 4.69) is 42.4 Å². The number of carbonyl (C=O) groups excluding carboxylic acids is 1. The van der Waals surface area contributed by atoms with Crippen molar-refractivity contribution in [2.24, 2.45) is 5.92 Å². The molecule has 4 heteroatoms. The molecular weight excluding hydrogens is 286 g/mol. The molecule has 1 aromatic carbocycles. The summed E-state index contributed by atoms with van der Waals surface area (Å²) in [5.41, 5.74) is 3.01. The lowest BCUT2D eigenvalue weighted by Crippen LogP contribution is -2.42. The molecule has 0 aliphatic carbocycles. The van der Waals surface area contributed by atoms with E-state index in [9.17, 15) is 4.79 Å². The third kappa shape index (κ3) is 3.16. The Morgan fingerprint density at radius 1 is 1.30 bits per heavy atom. The van der Waals surface area contributed by atoms with Crippen molar-refractivity contribution in [3.05, 3.63) is 53.3 Å². The highest BCUT2D eigenvalue weighted by Gasteiger charge is 2.31. The number of carbonyl (C=O) groups is 1. The number of benzene rings is 1. The van der Waals surface area contributed by atoms with Crippen LogP contribution in [0.1, 0.15) is 47.9 Å².